The maximum atomic E-state index is 13.1. The first-order valence-electron chi connectivity index (χ1n) is 11.0. The number of halogens is 1. The predicted molar refractivity (Wildman–Crippen MR) is 130 cm³/mol. The Labute approximate surface area is 201 Å². The average Bonchev–Trinajstić information content (AvgIpc) is 3.42. The van der Waals surface area contributed by atoms with Crippen LogP contribution in [0.15, 0.2) is 30.5 Å². The summed E-state index contributed by atoms with van der Waals surface area (Å²) in [6, 6.07) is 7.63. The van der Waals surface area contributed by atoms with Crippen LogP contribution in [0.3, 0.4) is 0 Å². The zero-order valence-electron chi connectivity index (χ0n) is 18.5. The van der Waals surface area contributed by atoms with E-state index in [4.69, 9.17) is 16.3 Å². The molecule has 1 aromatic carbocycles. The van der Waals surface area contributed by atoms with Crippen molar-refractivity contribution in [2.45, 2.75) is 32.4 Å². The minimum absolute atomic E-state index is 0.0252. The fraction of sp³-hybridized carbons (Fsp3) is 0.375. The fourth-order valence-electron chi connectivity index (χ4n) is 4.51. The number of amides is 2. The Morgan fingerprint density at radius 3 is 2.82 bits per heavy atom. The maximum Gasteiger partial charge on any atom is 0.264 e. The van der Waals surface area contributed by atoms with Gasteiger partial charge in [0.1, 0.15) is 5.75 Å². The van der Waals surface area contributed by atoms with Crippen LogP contribution >= 0.6 is 22.9 Å². The van der Waals surface area contributed by atoms with Crippen LogP contribution < -0.4 is 15.4 Å². The number of nitrogens with one attached hydrogen (secondary N) is 2. The van der Waals surface area contributed by atoms with E-state index in [1.807, 2.05) is 36.1 Å². The van der Waals surface area contributed by atoms with Gasteiger partial charge in [-0.05, 0) is 31.2 Å². The van der Waals surface area contributed by atoms with Gasteiger partial charge in [0, 0.05) is 72.3 Å². The molecule has 2 aliphatic rings. The summed E-state index contributed by atoms with van der Waals surface area (Å²) >= 11 is 8.09. The number of hydrogen-bond donors (Lipinski definition) is 2. The molecule has 2 N–H and O–H groups in total. The summed E-state index contributed by atoms with van der Waals surface area (Å²) in [5.74, 6) is 0.664. The quantitative estimate of drug-likeness (QED) is 0.591. The molecule has 1 fully saturated rings. The summed E-state index contributed by atoms with van der Waals surface area (Å²) in [6.07, 6.45) is 1.74. The Bertz CT molecular complexity index is 1240. The summed E-state index contributed by atoms with van der Waals surface area (Å²) in [4.78, 5) is 32.0. The molecule has 2 aromatic heterocycles. The molecule has 0 spiro atoms. The lowest BCUT2D eigenvalue weighted by molar-refractivity contribution is -0.138. The van der Waals surface area contributed by atoms with E-state index in [1.165, 1.54) is 6.92 Å². The first-order valence-corrected chi connectivity index (χ1v) is 12.2. The number of carbonyl (C=O) groups excluding carboxylic acids is 2. The van der Waals surface area contributed by atoms with Crippen molar-refractivity contribution in [3.63, 3.8) is 0 Å². The molecular formula is C24H25ClN4O3S. The SMILES string of the molecule is CC(=O)NC(C)c1cc2nccc(-c3cc(Cl)cc4c3OC(C(=O)N3CCNCC3)C4)c2s1. The van der Waals surface area contributed by atoms with Crippen molar-refractivity contribution in [3.8, 4) is 16.9 Å². The number of piperazine rings is 1. The molecule has 0 radical (unpaired) electrons. The molecule has 3 aromatic rings. The van der Waals surface area contributed by atoms with E-state index in [0.717, 1.165) is 44.9 Å². The van der Waals surface area contributed by atoms with Gasteiger partial charge in [0.2, 0.25) is 5.91 Å². The second-order valence-electron chi connectivity index (χ2n) is 8.47. The number of benzene rings is 1. The summed E-state index contributed by atoms with van der Waals surface area (Å²) < 4.78 is 7.27. The molecule has 0 bridgehead atoms. The van der Waals surface area contributed by atoms with E-state index < -0.39 is 6.10 Å². The third-order valence-electron chi connectivity index (χ3n) is 6.07. The number of carbonyl (C=O) groups is 2. The van der Waals surface area contributed by atoms with Crippen molar-refractivity contribution >= 4 is 45.0 Å². The summed E-state index contributed by atoms with van der Waals surface area (Å²) in [7, 11) is 0. The van der Waals surface area contributed by atoms with E-state index in [2.05, 4.69) is 15.6 Å². The van der Waals surface area contributed by atoms with Crippen molar-refractivity contribution in [1.82, 2.24) is 20.5 Å². The van der Waals surface area contributed by atoms with Crippen LogP contribution in [-0.4, -0.2) is 54.0 Å². The number of nitrogens with zero attached hydrogens (tertiary/aromatic N) is 2. The monoisotopic (exact) mass is 484 g/mol. The van der Waals surface area contributed by atoms with E-state index >= 15 is 0 Å². The molecule has 9 heteroatoms. The van der Waals surface area contributed by atoms with Crippen molar-refractivity contribution in [3.05, 3.63) is 45.9 Å². The van der Waals surface area contributed by atoms with Crippen LogP contribution in [0.4, 0.5) is 0 Å². The van der Waals surface area contributed by atoms with Gasteiger partial charge in [0.15, 0.2) is 6.10 Å². The number of fused-ring (bicyclic) bond motifs is 2. The third kappa shape index (κ3) is 4.30. The normalized spacial score (nSPS) is 18.6. The molecule has 0 saturated carbocycles. The summed E-state index contributed by atoms with van der Waals surface area (Å²) in [5.41, 5.74) is 3.62. The molecule has 0 aliphatic carbocycles. The lowest BCUT2D eigenvalue weighted by atomic mass is 10.0. The predicted octanol–water partition coefficient (Wildman–Crippen LogP) is 3.55. The largest absolute Gasteiger partial charge is 0.479 e. The van der Waals surface area contributed by atoms with Crippen molar-refractivity contribution in [1.29, 1.82) is 0 Å². The lowest BCUT2D eigenvalue weighted by Crippen LogP contribution is -2.50. The molecule has 2 unspecified atom stereocenters. The highest BCUT2D eigenvalue weighted by Crippen LogP contribution is 2.45. The molecule has 7 nitrogen and oxygen atoms in total. The van der Waals surface area contributed by atoms with E-state index in [0.29, 0.717) is 30.3 Å². The number of aromatic nitrogens is 1. The number of pyridine rings is 1. The van der Waals surface area contributed by atoms with E-state index in [1.54, 1.807) is 17.5 Å². The van der Waals surface area contributed by atoms with Crippen molar-refractivity contribution in [2.24, 2.45) is 0 Å². The molecule has 2 amide bonds. The first-order chi connectivity index (χ1) is 15.9. The van der Waals surface area contributed by atoms with Gasteiger partial charge in [-0.2, -0.15) is 0 Å². The van der Waals surface area contributed by atoms with Gasteiger partial charge in [0.05, 0.1) is 16.3 Å². The van der Waals surface area contributed by atoms with Crippen LogP contribution in [-0.2, 0) is 16.0 Å². The Morgan fingerprint density at radius 2 is 2.06 bits per heavy atom. The third-order valence-corrected chi connectivity index (χ3v) is 7.63. The minimum atomic E-state index is -0.536. The van der Waals surface area contributed by atoms with Crippen LogP contribution in [0.1, 0.15) is 30.3 Å². The van der Waals surface area contributed by atoms with Gasteiger partial charge < -0.3 is 20.3 Å². The van der Waals surface area contributed by atoms with E-state index in [-0.39, 0.29) is 17.9 Å². The number of thiophene rings is 1. The van der Waals surface area contributed by atoms with Gasteiger partial charge in [-0.15, -0.1) is 11.3 Å². The van der Waals surface area contributed by atoms with Gasteiger partial charge >= 0.3 is 0 Å². The van der Waals surface area contributed by atoms with Gasteiger partial charge in [-0.3, -0.25) is 14.6 Å². The zero-order valence-corrected chi connectivity index (χ0v) is 20.1. The summed E-state index contributed by atoms with van der Waals surface area (Å²) in [5, 5.41) is 6.81. The van der Waals surface area contributed by atoms with Gasteiger partial charge in [-0.1, -0.05) is 11.6 Å². The lowest BCUT2D eigenvalue weighted by Gasteiger charge is -2.29. The molecule has 33 heavy (non-hydrogen) atoms. The second kappa shape index (κ2) is 8.93. The number of rotatable bonds is 4. The highest BCUT2D eigenvalue weighted by molar-refractivity contribution is 7.19. The molecule has 2 aliphatic heterocycles. The Kier molecular flexibility index (Phi) is 5.99. The van der Waals surface area contributed by atoms with E-state index in [9.17, 15) is 9.59 Å². The molecule has 2 atom stereocenters. The van der Waals surface area contributed by atoms with Crippen LogP contribution in [0.5, 0.6) is 5.75 Å². The Hall–Kier alpha value is -2.68. The average molecular weight is 485 g/mol. The number of hydrogen-bond acceptors (Lipinski definition) is 6. The maximum absolute atomic E-state index is 13.1. The topological polar surface area (TPSA) is 83.6 Å². The van der Waals surface area contributed by atoms with Crippen LogP contribution in [0.25, 0.3) is 21.3 Å². The zero-order chi connectivity index (χ0) is 23.1. The highest BCUT2D eigenvalue weighted by atomic mass is 35.5. The summed E-state index contributed by atoms with van der Waals surface area (Å²) in [6.45, 7) is 6.46. The fourth-order valence-corrected chi connectivity index (χ4v) is 5.90. The van der Waals surface area contributed by atoms with Crippen molar-refractivity contribution in [2.75, 3.05) is 26.2 Å². The molecular weight excluding hydrogens is 460 g/mol. The van der Waals surface area contributed by atoms with Crippen molar-refractivity contribution < 1.29 is 14.3 Å². The smallest absolute Gasteiger partial charge is 0.264 e. The highest BCUT2D eigenvalue weighted by Gasteiger charge is 2.35. The molecule has 4 heterocycles. The van der Waals surface area contributed by atoms with Gasteiger partial charge in [0.25, 0.3) is 5.91 Å². The Morgan fingerprint density at radius 1 is 1.27 bits per heavy atom. The van der Waals surface area contributed by atoms with Crippen LogP contribution in [0.2, 0.25) is 5.02 Å². The minimum Gasteiger partial charge on any atom is -0.479 e. The second-order valence-corrected chi connectivity index (χ2v) is 9.99. The number of ether oxygens (including phenoxy) is 1. The van der Waals surface area contributed by atoms with Crippen LogP contribution in [0, 0.1) is 0 Å². The molecule has 172 valence electrons. The standard InChI is InChI=1S/C24H25ClN4O3S/c1-13(28-14(2)30)21-12-19-23(33-21)17(3-4-27-19)18-11-16(25)9-15-10-20(32-22(15)18)24(31)29-7-5-26-6-8-29/h3-4,9,11-13,20,26H,5-8,10H2,1-2H3,(H,28,30). The Balaban J connectivity index is 1.51. The first kappa shape index (κ1) is 22.1. The molecule has 5 rings (SSSR count). The van der Waals surface area contributed by atoms with Gasteiger partial charge in [-0.25, -0.2) is 0 Å². The molecule has 1 saturated heterocycles.